The fourth-order valence-corrected chi connectivity index (χ4v) is 2.16. The van der Waals surface area contributed by atoms with E-state index in [0.29, 0.717) is 19.0 Å². The zero-order valence-corrected chi connectivity index (χ0v) is 11.9. The van der Waals surface area contributed by atoms with Crippen LogP contribution in [-0.2, 0) is 4.79 Å². The van der Waals surface area contributed by atoms with E-state index in [1.807, 2.05) is 6.92 Å². The molecule has 2 N–H and O–H groups in total. The third-order valence-corrected chi connectivity index (χ3v) is 3.57. The van der Waals surface area contributed by atoms with Crippen LogP contribution in [0.5, 0.6) is 0 Å². The Labute approximate surface area is 105 Å². The van der Waals surface area contributed by atoms with E-state index in [4.69, 9.17) is 0 Å². The van der Waals surface area contributed by atoms with Crippen LogP contribution in [0.4, 0.5) is 0 Å². The van der Waals surface area contributed by atoms with Crippen molar-refractivity contribution in [3.05, 3.63) is 0 Å². The molecule has 0 aromatic carbocycles. The van der Waals surface area contributed by atoms with E-state index in [2.05, 4.69) is 31.1 Å². The second-order valence-corrected chi connectivity index (χ2v) is 4.87. The number of carboxylic acid groups (broad SMARTS) is 1. The number of nitrogens with one attached hydrogen (secondary N) is 1. The molecule has 0 spiro atoms. The molecular weight excluding hydrogens is 216 g/mol. The van der Waals surface area contributed by atoms with Gasteiger partial charge in [-0.1, -0.05) is 20.8 Å². The number of hydrogen-bond donors (Lipinski definition) is 2. The van der Waals surface area contributed by atoms with Crippen molar-refractivity contribution in [2.45, 2.75) is 58.5 Å². The summed E-state index contributed by atoms with van der Waals surface area (Å²) in [6, 6.07) is 0.551. The molecule has 0 aromatic rings. The Hall–Kier alpha value is -0.610. The van der Waals surface area contributed by atoms with E-state index in [1.165, 1.54) is 0 Å². The first-order valence-electron chi connectivity index (χ1n) is 6.59. The molecule has 1 unspecified atom stereocenters. The molecular formula is C13H28N2O2. The first kappa shape index (κ1) is 16.4. The second-order valence-electron chi connectivity index (χ2n) is 4.87. The van der Waals surface area contributed by atoms with Crippen LogP contribution in [0.25, 0.3) is 0 Å². The van der Waals surface area contributed by atoms with Gasteiger partial charge in [0.05, 0.1) is 0 Å². The fourth-order valence-electron chi connectivity index (χ4n) is 2.16. The Morgan fingerprint density at radius 3 is 2.24 bits per heavy atom. The van der Waals surface area contributed by atoms with Gasteiger partial charge in [-0.05, 0) is 39.8 Å². The zero-order chi connectivity index (χ0) is 13.5. The summed E-state index contributed by atoms with van der Waals surface area (Å²) in [5.74, 6) is -0.766. The first-order valence-corrected chi connectivity index (χ1v) is 6.59. The Morgan fingerprint density at radius 1 is 1.35 bits per heavy atom. The highest BCUT2D eigenvalue weighted by Crippen LogP contribution is 2.13. The monoisotopic (exact) mass is 244 g/mol. The second kappa shape index (κ2) is 7.67. The summed E-state index contributed by atoms with van der Waals surface area (Å²) < 4.78 is 0. The van der Waals surface area contributed by atoms with Gasteiger partial charge in [-0.25, -0.2) is 0 Å². The number of carbonyl (C=O) groups is 1. The molecule has 0 heterocycles. The maximum atomic E-state index is 11.3. The third kappa shape index (κ3) is 5.04. The van der Waals surface area contributed by atoms with Crippen molar-refractivity contribution in [1.29, 1.82) is 0 Å². The molecule has 102 valence electrons. The Morgan fingerprint density at radius 2 is 1.88 bits per heavy atom. The topological polar surface area (TPSA) is 52.6 Å². The quantitative estimate of drug-likeness (QED) is 0.651. The van der Waals surface area contributed by atoms with Crippen LogP contribution >= 0.6 is 0 Å². The van der Waals surface area contributed by atoms with E-state index in [1.54, 1.807) is 6.92 Å². The number of hydrogen-bond acceptors (Lipinski definition) is 3. The number of likely N-dealkylation sites (N-methyl/N-ethyl adjacent to an activating group) is 1. The Bertz CT molecular complexity index is 229. The van der Waals surface area contributed by atoms with Crippen molar-refractivity contribution in [2.24, 2.45) is 0 Å². The van der Waals surface area contributed by atoms with Crippen LogP contribution in [0, 0.1) is 0 Å². The van der Waals surface area contributed by atoms with E-state index in [9.17, 15) is 9.90 Å². The highest BCUT2D eigenvalue weighted by atomic mass is 16.4. The van der Waals surface area contributed by atoms with E-state index in [-0.39, 0.29) is 0 Å². The average Bonchev–Trinajstić information content (AvgIpc) is 2.28. The van der Waals surface area contributed by atoms with Crippen molar-refractivity contribution in [3.8, 4) is 0 Å². The third-order valence-electron chi connectivity index (χ3n) is 3.57. The van der Waals surface area contributed by atoms with Crippen molar-refractivity contribution < 1.29 is 9.90 Å². The van der Waals surface area contributed by atoms with Gasteiger partial charge >= 0.3 is 5.97 Å². The molecule has 0 aromatic heterocycles. The molecule has 1 atom stereocenters. The summed E-state index contributed by atoms with van der Waals surface area (Å²) in [5.41, 5.74) is -0.810. The predicted molar refractivity (Wildman–Crippen MR) is 71.3 cm³/mol. The standard InChI is InChI=1S/C13H28N2O2/c1-6-11(7-2)15(5)10-9-13(4,12(16)17)14-8-3/h11,14H,6-10H2,1-5H3,(H,16,17). The van der Waals surface area contributed by atoms with E-state index in [0.717, 1.165) is 19.4 Å². The van der Waals surface area contributed by atoms with Gasteiger partial charge in [0.1, 0.15) is 5.54 Å². The smallest absolute Gasteiger partial charge is 0.323 e. The van der Waals surface area contributed by atoms with Crippen LogP contribution in [-0.4, -0.2) is 47.7 Å². The summed E-state index contributed by atoms with van der Waals surface area (Å²) in [7, 11) is 2.08. The molecule has 0 fully saturated rings. The zero-order valence-electron chi connectivity index (χ0n) is 11.9. The summed E-state index contributed by atoms with van der Waals surface area (Å²) >= 11 is 0. The van der Waals surface area contributed by atoms with Crippen LogP contribution < -0.4 is 5.32 Å². The number of nitrogens with zero attached hydrogens (tertiary/aromatic N) is 1. The molecule has 0 saturated carbocycles. The van der Waals surface area contributed by atoms with Crippen molar-refractivity contribution in [3.63, 3.8) is 0 Å². The molecule has 17 heavy (non-hydrogen) atoms. The van der Waals surface area contributed by atoms with Crippen LogP contribution in [0.15, 0.2) is 0 Å². The maximum Gasteiger partial charge on any atom is 0.323 e. The van der Waals surface area contributed by atoms with Gasteiger partial charge < -0.3 is 15.3 Å². The van der Waals surface area contributed by atoms with Gasteiger partial charge in [-0.3, -0.25) is 4.79 Å². The largest absolute Gasteiger partial charge is 0.480 e. The van der Waals surface area contributed by atoms with Crippen molar-refractivity contribution in [1.82, 2.24) is 10.2 Å². The van der Waals surface area contributed by atoms with E-state index < -0.39 is 11.5 Å². The van der Waals surface area contributed by atoms with Crippen LogP contribution in [0.1, 0.15) is 47.0 Å². The minimum Gasteiger partial charge on any atom is -0.480 e. The first-order chi connectivity index (χ1) is 7.91. The lowest BCUT2D eigenvalue weighted by Crippen LogP contribution is -2.51. The molecule has 0 aliphatic carbocycles. The molecule has 0 bridgehead atoms. The van der Waals surface area contributed by atoms with Gasteiger partial charge in [0.2, 0.25) is 0 Å². The molecule has 0 amide bonds. The molecule has 0 rings (SSSR count). The maximum absolute atomic E-state index is 11.3. The number of carboxylic acids is 1. The normalized spacial score (nSPS) is 15.2. The lowest BCUT2D eigenvalue weighted by molar-refractivity contribution is -0.144. The fraction of sp³-hybridized carbons (Fsp3) is 0.923. The molecule has 0 saturated heterocycles. The van der Waals surface area contributed by atoms with Gasteiger partial charge in [0.15, 0.2) is 0 Å². The predicted octanol–water partition coefficient (Wildman–Crippen LogP) is 1.95. The molecule has 0 radical (unpaired) electrons. The van der Waals surface area contributed by atoms with Crippen LogP contribution in [0.2, 0.25) is 0 Å². The van der Waals surface area contributed by atoms with Gasteiger partial charge in [0.25, 0.3) is 0 Å². The van der Waals surface area contributed by atoms with E-state index >= 15 is 0 Å². The lowest BCUT2D eigenvalue weighted by Gasteiger charge is -2.31. The lowest BCUT2D eigenvalue weighted by atomic mass is 9.97. The minimum absolute atomic E-state index is 0.551. The minimum atomic E-state index is -0.810. The number of aliphatic carboxylic acids is 1. The van der Waals surface area contributed by atoms with Gasteiger partial charge in [-0.15, -0.1) is 0 Å². The SMILES string of the molecule is CCNC(C)(CCN(C)C(CC)CC)C(=O)O. The summed E-state index contributed by atoms with van der Waals surface area (Å²) in [6.07, 6.45) is 2.85. The van der Waals surface area contributed by atoms with Crippen molar-refractivity contribution >= 4 is 5.97 Å². The highest BCUT2D eigenvalue weighted by Gasteiger charge is 2.32. The molecule has 4 heteroatoms. The van der Waals surface area contributed by atoms with Gasteiger partial charge in [0, 0.05) is 12.6 Å². The molecule has 4 nitrogen and oxygen atoms in total. The molecule has 0 aliphatic heterocycles. The molecule has 0 aliphatic rings. The van der Waals surface area contributed by atoms with Crippen molar-refractivity contribution in [2.75, 3.05) is 20.1 Å². The number of rotatable bonds is 9. The summed E-state index contributed by atoms with van der Waals surface area (Å²) in [5, 5.41) is 12.3. The highest BCUT2D eigenvalue weighted by molar-refractivity contribution is 5.78. The average molecular weight is 244 g/mol. The van der Waals surface area contributed by atoms with Crippen LogP contribution in [0.3, 0.4) is 0 Å². The van der Waals surface area contributed by atoms with Gasteiger partial charge in [-0.2, -0.15) is 0 Å². The Kier molecular flexibility index (Phi) is 7.39. The summed E-state index contributed by atoms with van der Waals surface area (Å²) in [6.45, 7) is 9.53. The summed E-state index contributed by atoms with van der Waals surface area (Å²) in [4.78, 5) is 13.5. The Balaban J connectivity index is 4.35.